The third kappa shape index (κ3) is 3.43. The van der Waals surface area contributed by atoms with E-state index in [1.54, 1.807) is 6.92 Å². The number of ether oxygens (including phenoxy) is 1. The van der Waals surface area contributed by atoms with E-state index in [-0.39, 0.29) is 10.6 Å². The molecule has 1 aromatic carbocycles. The molecule has 134 valence electrons. The van der Waals surface area contributed by atoms with E-state index in [1.165, 1.54) is 31.4 Å². The summed E-state index contributed by atoms with van der Waals surface area (Å²) in [6.45, 7) is 1.68. The molecule has 26 heavy (non-hydrogen) atoms. The molecule has 5 nitrogen and oxygen atoms in total. The van der Waals surface area contributed by atoms with Gasteiger partial charge < -0.3 is 10.1 Å². The maximum Gasteiger partial charge on any atom is 0.338 e. The summed E-state index contributed by atoms with van der Waals surface area (Å²) in [6.07, 6.45) is 1.06. The average molecular weight is 378 g/mol. The van der Waals surface area contributed by atoms with Crippen LogP contribution < -0.4 is 5.32 Å². The molecule has 1 aromatic heterocycles. The lowest BCUT2D eigenvalue weighted by Crippen LogP contribution is -2.33. The first-order valence-electron chi connectivity index (χ1n) is 7.61. The van der Waals surface area contributed by atoms with Gasteiger partial charge in [0.15, 0.2) is 5.84 Å². The molecule has 1 atom stereocenters. The molecule has 0 fully saturated rings. The molecule has 0 amide bonds. The Morgan fingerprint density at radius 3 is 2.58 bits per heavy atom. The van der Waals surface area contributed by atoms with Crippen molar-refractivity contribution in [1.29, 1.82) is 0 Å². The Morgan fingerprint density at radius 2 is 1.96 bits per heavy atom. The highest BCUT2D eigenvalue weighted by molar-refractivity contribution is 6.31. The van der Waals surface area contributed by atoms with E-state index >= 15 is 0 Å². The smallest absolute Gasteiger partial charge is 0.338 e. The maximum atomic E-state index is 13.4. The van der Waals surface area contributed by atoms with Crippen LogP contribution in [0.1, 0.15) is 24.2 Å². The van der Waals surface area contributed by atoms with Crippen LogP contribution in [0.5, 0.6) is 0 Å². The van der Waals surface area contributed by atoms with Crippen molar-refractivity contribution in [3.63, 3.8) is 0 Å². The largest absolute Gasteiger partial charge is 0.466 e. The van der Waals surface area contributed by atoms with Gasteiger partial charge in [0.05, 0.1) is 18.9 Å². The monoisotopic (exact) mass is 377 g/mol. The van der Waals surface area contributed by atoms with Crippen molar-refractivity contribution in [1.82, 2.24) is 10.3 Å². The van der Waals surface area contributed by atoms with Crippen molar-refractivity contribution in [2.45, 2.75) is 13.0 Å². The molecule has 2 aromatic rings. The molecular formula is C18H14ClF2N3O2. The van der Waals surface area contributed by atoms with Crippen LogP contribution >= 0.6 is 11.6 Å². The third-order valence-electron chi connectivity index (χ3n) is 3.87. The van der Waals surface area contributed by atoms with Gasteiger partial charge >= 0.3 is 5.97 Å². The Bertz CT molecular complexity index is 927. The molecule has 0 saturated heterocycles. The number of halogens is 3. The number of nitrogens with zero attached hydrogens (tertiary/aromatic N) is 2. The molecule has 0 saturated carbocycles. The van der Waals surface area contributed by atoms with Crippen molar-refractivity contribution in [2.75, 3.05) is 7.11 Å². The average Bonchev–Trinajstić information content (AvgIpc) is 2.61. The summed E-state index contributed by atoms with van der Waals surface area (Å²) < 4.78 is 31.4. The maximum absolute atomic E-state index is 13.4. The Morgan fingerprint density at radius 1 is 1.23 bits per heavy atom. The summed E-state index contributed by atoms with van der Waals surface area (Å²) in [5, 5.41) is 3.10. The predicted octanol–water partition coefficient (Wildman–Crippen LogP) is 3.55. The Kier molecular flexibility index (Phi) is 4.99. The van der Waals surface area contributed by atoms with Gasteiger partial charge in [0, 0.05) is 16.3 Å². The van der Waals surface area contributed by atoms with Crippen LogP contribution in [0.4, 0.5) is 8.78 Å². The summed E-state index contributed by atoms with van der Waals surface area (Å²) in [6, 6.07) is 5.73. The summed E-state index contributed by atoms with van der Waals surface area (Å²) in [5.41, 5.74) is 1.55. The number of rotatable bonds is 3. The van der Waals surface area contributed by atoms with E-state index in [4.69, 9.17) is 16.3 Å². The van der Waals surface area contributed by atoms with Gasteiger partial charge in [-0.1, -0.05) is 17.7 Å². The van der Waals surface area contributed by atoms with Gasteiger partial charge in [0.1, 0.15) is 23.4 Å². The Hall–Kier alpha value is -2.80. The lowest BCUT2D eigenvalue weighted by Gasteiger charge is -2.26. The number of nitrogens with one attached hydrogen (secondary N) is 1. The van der Waals surface area contributed by atoms with Crippen LogP contribution in [0.2, 0.25) is 5.02 Å². The Balaban J connectivity index is 2.13. The van der Waals surface area contributed by atoms with Crippen molar-refractivity contribution in [3.05, 3.63) is 75.7 Å². The molecule has 8 heteroatoms. The van der Waals surface area contributed by atoms with Crippen LogP contribution in [-0.4, -0.2) is 23.9 Å². The molecule has 0 radical (unpaired) electrons. The van der Waals surface area contributed by atoms with Gasteiger partial charge in [-0.3, -0.25) is 4.99 Å². The van der Waals surface area contributed by atoms with Crippen LogP contribution in [0.25, 0.3) is 0 Å². The zero-order chi connectivity index (χ0) is 18.8. The molecular weight excluding hydrogens is 364 g/mol. The van der Waals surface area contributed by atoms with E-state index in [2.05, 4.69) is 15.3 Å². The number of esters is 1. The molecule has 0 bridgehead atoms. The van der Waals surface area contributed by atoms with Crippen LogP contribution in [0.15, 0.2) is 52.8 Å². The first-order chi connectivity index (χ1) is 12.4. The minimum Gasteiger partial charge on any atom is -0.466 e. The minimum absolute atomic E-state index is 0.126. The van der Waals surface area contributed by atoms with Gasteiger partial charge in [-0.15, -0.1) is 0 Å². The number of aromatic nitrogens is 1. The second-order valence-corrected chi connectivity index (χ2v) is 5.97. The number of amidine groups is 1. The van der Waals surface area contributed by atoms with Crippen LogP contribution in [0, 0.1) is 11.6 Å². The van der Waals surface area contributed by atoms with Gasteiger partial charge in [0.25, 0.3) is 0 Å². The molecule has 1 aliphatic rings. The number of hydrogen-bond donors (Lipinski definition) is 1. The zero-order valence-corrected chi connectivity index (χ0v) is 14.6. The lowest BCUT2D eigenvalue weighted by atomic mass is 9.95. The number of hydrogen-bond acceptors (Lipinski definition) is 5. The highest BCUT2D eigenvalue weighted by atomic mass is 35.5. The number of pyridine rings is 1. The highest BCUT2D eigenvalue weighted by Crippen LogP contribution is 2.36. The van der Waals surface area contributed by atoms with E-state index in [9.17, 15) is 13.6 Å². The van der Waals surface area contributed by atoms with Crippen molar-refractivity contribution in [2.24, 2.45) is 4.99 Å². The zero-order valence-electron chi connectivity index (χ0n) is 13.9. The molecule has 1 N–H and O–H groups in total. The first-order valence-corrected chi connectivity index (χ1v) is 7.99. The Labute approximate surface area is 153 Å². The fourth-order valence-electron chi connectivity index (χ4n) is 2.64. The predicted molar refractivity (Wildman–Crippen MR) is 92.7 cm³/mol. The van der Waals surface area contributed by atoms with E-state index in [0.29, 0.717) is 22.8 Å². The van der Waals surface area contributed by atoms with Gasteiger partial charge in [-0.05, 0) is 31.2 Å². The third-order valence-corrected chi connectivity index (χ3v) is 4.20. The second kappa shape index (κ2) is 7.21. The van der Waals surface area contributed by atoms with Crippen LogP contribution in [0.3, 0.4) is 0 Å². The summed E-state index contributed by atoms with van der Waals surface area (Å²) in [7, 11) is 1.26. The van der Waals surface area contributed by atoms with E-state index < -0.39 is 23.6 Å². The molecule has 0 unspecified atom stereocenters. The minimum atomic E-state index is -0.821. The number of carbonyl (C=O) groups is 1. The van der Waals surface area contributed by atoms with Gasteiger partial charge in [-0.2, -0.15) is 0 Å². The summed E-state index contributed by atoms with van der Waals surface area (Å²) >= 11 is 6.17. The second-order valence-electron chi connectivity index (χ2n) is 5.56. The summed E-state index contributed by atoms with van der Waals surface area (Å²) in [5.74, 6) is -1.24. The molecule has 0 aliphatic carbocycles. The van der Waals surface area contributed by atoms with Crippen molar-refractivity contribution in [3.8, 4) is 0 Å². The van der Waals surface area contributed by atoms with Crippen LogP contribution in [-0.2, 0) is 9.53 Å². The first kappa shape index (κ1) is 18.0. The highest BCUT2D eigenvalue weighted by Gasteiger charge is 2.32. The fraction of sp³-hybridized carbons (Fsp3) is 0.167. The fourth-order valence-corrected chi connectivity index (χ4v) is 2.92. The quantitative estimate of drug-likeness (QED) is 0.831. The van der Waals surface area contributed by atoms with Crippen molar-refractivity contribution >= 4 is 23.4 Å². The van der Waals surface area contributed by atoms with E-state index in [1.807, 2.05) is 0 Å². The van der Waals surface area contributed by atoms with Gasteiger partial charge in [0.2, 0.25) is 0 Å². The number of allylic oxidation sites excluding steroid dienone is 1. The van der Waals surface area contributed by atoms with Gasteiger partial charge in [-0.25, -0.2) is 18.6 Å². The number of benzene rings is 1. The molecule has 0 spiro atoms. The molecule has 3 rings (SSSR count). The topological polar surface area (TPSA) is 63.6 Å². The number of methoxy groups -OCH3 is 1. The summed E-state index contributed by atoms with van der Waals surface area (Å²) in [4.78, 5) is 20.7. The van der Waals surface area contributed by atoms with Crippen molar-refractivity contribution < 1.29 is 18.3 Å². The van der Waals surface area contributed by atoms with E-state index in [0.717, 1.165) is 12.3 Å². The number of carbonyl (C=O) groups excluding carboxylic acids is 1. The normalized spacial score (nSPS) is 16.8. The lowest BCUT2D eigenvalue weighted by molar-refractivity contribution is -0.136. The molecule has 2 heterocycles. The number of aliphatic imine (C=N–C) groups is 1. The molecule has 1 aliphatic heterocycles. The standard InChI is InChI=1S/C18H14ClF2N3O2/c1-9-15(18(25)26-2)16(12-5-3-10(20)7-13(12)19)24-17(23-9)14-6-4-11(21)8-22-14/h3-8,16H,1-2H3,(H,23,24)/t16-/m0/s1. The SMILES string of the molecule is COC(=O)C1=C(C)NC(c2ccc(F)cn2)=N[C@H]1c1ccc(F)cc1Cl.